The molecule has 0 aliphatic carbocycles. The van der Waals surface area contributed by atoms with Gasteiger partial charge in [0.1, 0.15) is 5.92 Å². The second-order valence-electron chi connectivity index (χ2n) is 3.14. The van der Waals surface area contributed by atoms with E-state index in [0.717, 1.165) is 6.42 Å². The minimum atomic E-state index is -0.530. The molecule has 0 N–H and O–H groups in total. The molecule has 0 bridgehead atoms. The molecular formula is C9H14N2O2. The topological polar surface area (TPSA) is 53.3 Å². The van der Waals surface area contributed by atoms with Crippen LogP contribution in [-0.4, -0.2) is 37.1 Å². The van der Waals surface area contributed by atoms with E-state index in [-0.39, 0.29) is 5.91 Å². The van der Waals surface area contributed by atoms with Gasteiger partial charge in [-0.1, -0.05) is 0 Å². The molecule has 0 radical (unpaired) electrons. The highest BCUT2D eigenvalue weighted by Gasteiger charge is 2.20. The minimum absolute atomic E-state index is 0.0759. The smallest absolute Gasteiger partial charge is 0.239 e. The molecule has 1 aliphatic heterocycles. The van der Waals surface area contributed by atoms with Gasteiger partial charge in [-0.05, 0) is 13.3 Å². The van der Waals surface area contributed by atoms with Crippen molar-refractivity contribution in [1.29, 1.82) is 5.26 Å². The van der Waals surface area contributed by atoms with E-state index in [0.29, 0.717) is 26.3 Å². The summed E-state index contributed by atoms with van der Waals surface area (Å²) in [7, 11) is 0. The Morgan fingerprint density at radius 3 is 3.00 bits per heavy atom. The van der Waals surface area contributed by atoms with Crippen LogP contribution in [0.2, 0.25) is 0 Å². The maximum Gasteiger partial charge on any atom is 0.239 e. The van der Waals surface area contributed by atoms with Crippen LogP contribution in [0.25, 0.3) is 0 Å². The van der Waals surface area contributed by atoms with Gasteiger partial charge in [-0.3, -0.25) is 4.79 Å². The van der Waals surface area contributed by atoms with E-state index in [1.807, 2.05) is 6.07 Å². The summed E-state index contributed by atoms with van der Waals surface area (Å²) in [6.07, 6.45) is 0.865. The number of hydrogen-bond donors (Lipinski definition) is 0. The molecule has 1 saturated heterocycles. The molecule has 0 saturated carbocycles. The van der Waals surface area contributed by atoms with Gasteiger partial charge < -0.3 is 9.64 Å². The SMILES string of the molecule is CC(C#N)C(=O)N1CCCOCC1. The van der Waals surface area contributed by atoms with Crippen molar-refractivity contribution in [3.05, 3.63) is 0 Å². The summed E-state index contributed by atoms with van der Waals surface area (Å²) in [6.45, 7) is 4.26. The van der Waals surface area contributed by atoms with Gasteiger partial charge in [0.2, 0.25) is 5.91 Å². The zero-order valence-corrected chi connectivity index (χ0v) is 7.82. The average molecular weight is 182 g/mol. The molecule has 1 rings (SSSR count). The Bertz CT molecular complexity index is 214. The fourth-order valence-corrected chi connectivity index (χ4v) is 1.30. The molecule has 1 aliphatic rings. The Balaban J connectivity index is 2.49. The van der Waals surface area contributed by atoms with E-state index in [2.05, 4.69) is 0 Å². The number of hydrogen-bond acceptors (Lipinski definition) is 3. The summed E-state index contributed by atoms with van der Waals surface area (Å²) in [6, 6.07) is 1.95. The summed E-state index contributed by atoms with van der Waals surface area (Å²) >= 11 is 0. The number of carbonyl (C=O) groups is 1. The maximum absolute atomic E-state index is 11.5. The second-order valence-corrected chi connectivity index (χ2v) is 3.14. The Hall–Kier alpha value is -1.08. The van der Waals surface area contributed by atoms with Crippen molar-refractivity contribution < 1.29 is 9.53 Å². The fourth-order valence-electron chi connectivity index (χ4n) is 1.30. The number of nitriles is 1. The lowest BCUT2D eigenvalue weighted by molar-refractivity contribution is -0.133. The zero-order chi connectivity index (χ0) is 9.68. The minimum Gasteiger partial charge on any atom is -0.380 e. The first-order valence-corrected chi connectivity index (χ1v) is 4.52. The molecule has 4 heteroatoms. The first-order valence-electron chi connectivity index (χ1n) is 4.52. The van der Waals surface area contributed by atoms with Gasteiger partial charge in [-0.15, -0.1) is 0 Å². The van der Waals surface area contributed by atoms with E-state index < -0.39 is 5.92 Å². The Morgan fingerprint density at radius 2 is 2.31 bits per heavy atom. The van der Waals surface area contributed by atoms with E-state index >= 15 is 0 Å². The van der Waals surface area contributed by atoms with E-state index in [9.17, 15) is 4.79 Å². The summed E-state index contributed by atoms with van der Waals surface area (Å²) in [5.41, 5.74) is 0. The molecule has 13 heavy (non-hydrogen) atoms. The largest absolute Gasteiger partial charge is 0.380 e. The zero-order valence-electron chi connectivity index (χ0n) is 7.82. The van der Waals surface area contributed by atoms with Crippen molar-refractivity contribution in [3.8, 4) is 6.07 Å². The molecule has 4 nitrogen and oxygen atoms in total. The lowest BCUT2D eigenvalue weighted by Gasteiger charge is -2.20. The van der Waals surface area contributed by atoms with Crippen LogP contribution < -0.4 is 0 Å². The maximum atomic E-state index is 11.5. The van der Waals surface area contributed by atoms with E-state index in [4.69, 9.17) is 10.00 Å². The van der Waals surface area contributed by atoms with Crippen LogP contribution in [0.4, 0.5) is 0 Å². The molecule has 72 valence electrons. The summed E-state index contributed by atoms with van der Waals surface area (Å²) in [5.74, 6) is -0.605. The first kappa shape index (κ1) is 10.0. The Morgan fingerprint density at radius 1 is 1.54 bits per heavy atom. The van der Waals surface area contributed by atoms with Gasteiger partial charge in [-0.25, -0.2) is 0 Å². The third-order valence-corrected chi connectivity index (χ3v) is 2.10. The van der Waals surface area contributed by atoms with Crippen molar-refractivity contribution in [2.75, 3.05) is 26.3 Å². The molecule has 0 spiro atoms. The molecule has 1 amide bonds. The van der Waals surface area contributed by atoms with Crippen molar-refractivity contribution in [1.82, 2.24) is 4.90 Å². The number of ether oxygens (including phenoxy) is 1. The van der Waals surface area contributed by atoms with Gasteiger partial charge in [0.25, 0.3) is 0 Å². The van der Waals surface area contributed by atoms with Gasteiger partial charge in [0.15, 0.2) is 0 Å². The predicted octanol–water partition coefficient (Wildman–Crippen LogP) is 0.395. The molecule has 1 atom stereocenters. The lowest BCUT2D eigenvalue weighted by Crippen LogP contribution is -2.36. The molecule has 0 aromatic carbocycles. The highest BCUT2D eigenvalue weighted by atomic mass is 16.5. The summed E-state index contributed by atoms with van der Waals surface area (Å²) in [5, 5.41) is 8.58. The monoisotopic (exact) mass is 182 g/mol. The third kappa shape index (κ3) is 2.71. The lowest BCUT2D eigenvalue weighted by atomic mass is 10.2. The molecule has 1 unspecified atom stereocenters. The van der Waals surface area contributed by atoms with Crippen LogP contribution >= 0.6 is 0 Å². The molecule has 0 aromatic rings. The molecular weight excluding hydrogens is 168 g/mol. The third-order valence-electron chi connectivity index (χ3n) is 2.10. The highest BCUT2D eigenvalue weighted by Crippen LogP contribution is 2.05. The Kier molecular flexibility index (Phi) is 3.71. The fraction of sp³-hybridized carbons (Fsp3) is 0.778. The van der Waals surface area contributed by atoms with Crippen molar-refractivity contribution in [2.45, 2.75) is 13.3 Å². The van der Waals surface area contributed by atoms with Gasteiger partial charge in [0.05, 0.1) is 12.7 Å². The van der Waals surface area contributed by atoms with Crippen LogP contribution in [0.1, 0.15) is 13.3 Å². The van der Waals surface area contributed by atoms with E-state index in [1.165, 1.54) is 0 Å². The van der Waals surface area contributed by atoms with Crippen molar-refractivity contribution >= 4 is 5.91 Å². The quantitative estimate of drug-likeness (QED) is 0.589. The number of nitrogens with zero attached hydrogens (tertiary/aromatic N) is 2. The summed E-state index contributed by atoms with van der Waals surface area (Å²) < 4.78 is 5.21. The predicted molar refractivity (Wildman–Crippen MR) is 46.8 cm³/mol. The van der Waals surface area contributed by atoms with Crippen molar-refractivity contribution in [2.24, 2.45) is 5.92 Å². The molecule has 1 fully saturated rings. The normalized spacial score (nSPS) is 20.2. The Labute approximate surface area is 78.1 Å². The van der Waals surface area contributed by atoms with Gasteiger partial charge in [-0.2, -0.15) is 5.26 Å². The highest BCUT2D eigenvalue weighted by molar-refractivity contribution is 5.80. The van der Waals surface area contributed by atoms with E-state index in [1.54, 1.807) is 11.8 Å². The second kappa shape index (κ2) is 4.83. The van der Waals surface area contributed by atoms with Crippen LogP contribution in [0.3, 0.4) is 0 Å². The number of carbonyl (C=O) groups excluding carboxylic acids is 1. The van der Waals surface area contributed by atoms with Crippen LogP contribution in [0.15, 0.2) is 0 Å². The van der Waals surface area contributed by atoms with Gasteiger partial charge >= 0.3 is 0 Å². The average Bonchev–Trinajstić information content (AvgIpc) is 2.43. The molecule has 0 aromatic heterocycles. The van der Waals surface area contributed by atoms with Crippen LogP contribution in [0.5, 0.6) is 0 Å². The van der Waals surface area contributed by atoms with Crippen molar-refractivity contribution in [3.63, 3.8) is 0 Å². The van der Waals surface area contributed by atoms with Crippen LogP contribution in [0, 0.1) is 17.2 Å². The first-order chi connectivity index (χ1) is 6.25. The number of rotatable bonds is 1. The van der Waals surface area contributed by atoms with Crippen LogP contribution in [-0.2, 0) is 9.53 Å². The number of amides is 1. The van der Waals surface area contributed by atoms with Gasteiger partial charge in [0, 0.05) is 19.7 Å². The summed E-state index contributed by atoms with van der Waals surface area (Å²) in [4.78, 5) is 13.2. The standard InChI is InChI=1S/C9H14N2O2/c1-8(7-10)9(12)11-3-2-5-13-6-4-11/h8H,2-6H2,1H3. The molecule has 1 heterocycles.